The van der Waals surface area contributed by atoms with E-state index in [1.807, 2.05) is 0 Å². The third kappa shape index (κ3) is 9.13. The molecule has 0 spiro atoms. The second-order valence-corrected chi connectivity index (χ2v) is 10.4. The van der Waals surface area contributed by atoms with Crippen LogP contribution in [0.4, 0.5) is 0 Å². The fourth-order valence-corrected chi connectivity index (χ4v) is 5.65. The van der Waals surface area contributed by atoms with Crippen LogP contribution < -0.4 is 5.56 Å². The normalized spacial score (nSPS) is 25.9. The van der Waals surface area contributed by atoms with Crippen LogP contribution in [0.5, 0.6) is 0 Å². The fourth-order valence-electron chi connectivity index (χ4n) is 2.62. The smallest absolute Gasteiger partial charge is 0.387 e. The van der Waals surface area contributed by atoms with Crippen molar-refractivity contribution in [2.75, 3.05) is 6.61 Å². The van der Waals surface area contributed by atoms with E-state index in [1.54, 1.807) is 0 Å². The average Bonchev–Trinajstić information content (AvgIpc) is 3.13. The number of hydrogen-bond donors (Lipinski definition) is 7. The number of aromatic amines is 1. The summed E-state index contributed by atoms with van der Waals surface area (Å²) in [6.07, 6.45) is -4.05. The minimum Gasteiger partial charge on any atom is -0.387 e. The van der Waals surface area contributed by atoms with Crippen molar-refractivity contribution in [3.05, 3.63) is 23.0 Å². The number of aromatic nitrogens is 4. The molecule has 3 rings (SSSR count). The van der Waals surface area contributed by atoms with E-state index < -0.39 is 60.2 Å². The Bertz CT molecular complexity index is 1170. The molecule has 1 fully saturated rings. The Hall–Kier alpha value is 1.64. The number of nitrogens with zero attached hydrogens (tertiary/aromatic N) is 3. The minimum atomic E-state index is -5.72. The molecule has 2 unspecified atom stereocenters. The van der Waals surface area contributed by atoms with Gasteiger partial charge in [0.15, 0.2) is 17.4 Å². The number of aliphatic hydroxyl groups is 2. The molecule has 1 saturated heterocycles. The van der Waals surface area contributed by atoms with Crippen LogP contribution in [0.3, 0.4) is 0 Å². The molecule has 0 bridgehead atoms. The third-order valence-corrected chi connectivity index (χ3v) is 7.60. The number of aliphatic hydroxyl groups excluding tert-OH is 2. The molecule has 1 aliphatic heterocycles. The van der Waals surface area contributed by atoms with E-state index in [2.05, 4.69) is 28.1 Å². The molecule has 24 heteroatoms. The number of H-pyrrole nitrogens is 1. The van der Waals surface area contributed by atoms with Crippen LogP contribution in [0.15, 0.2) is 17.4 Å². The zero-order valence-corrected chi connectivity index (χ0v) is 26.5. The quantitative estimate of drug-likeness (QED) is 0.121. The second-order valence-electron chi connectivity index (χ2n) is 5.99. The topological polar surface area (TPSA) is 273 Å². The number of phosphoric ester groups is 1. The first-order valence-corrected chi connectivity index (χ1v) is 12.4. The molecule has 2 aromatic rings. The summed E-state index contributed by atoms with van der Waals surface area (Å²) in [4.78, 5) is 57.2. The Balaban J connectivity index is 0.00000363. The van der Waals surface area contributed by atoms with Gasteiger partial charge in [0, 0.05) is 88.7 Å². The Morgan fingerprint density at radius 1 is 1.00 bits per heavy atom. The Morgan fingerprint density at radius 3 is 2.21 bits per heavy atom. The first-order chi connectivity index (χ1) is 14.2. The zero-order valence-electron chi connectivity index (χ0n) is 17.8. The Kier molecular flexibility index (Phi) is 14.3. The van der Waals surface area contributed by atoms with Gasteiger partial charge in [0.1, 0.15) is 18.3 Å². The van der Waals surface area contributed by atoms with Gasteiger partial charge in [-0.15, -0.1) is 0 Å². The molecular weight excluding hydrogens is 562 g/mol. The number of rotatable bonds is 8. The standard InChI is InChI=1S/C10H15N4O14P3.3Na/c15-6-4(1-25-30(21,22)28-31(23,24)27-29(18,19)20)26-10(7(6)16)14-3-13-5-8(14)11-2-12-9(5)17;;;/h2-4,6-7,10,15-16H,1H2,(H,21,22)(H,23,24)(H,11,12,17)(H2,18,19,20);;;/t4-,6-,7-,10-;;;/m1.../s1. The van der Waals surface area contributed by atoms with Gasteiger partial charge in [0.25, 0.3) is 5.56 Å². The van der Waals surface area contributed by atoms with Crippen molar-refractivity contribution < 1.29 is 61.4 Å². The van der Waals surface area contributed by atoms with Crippen LogP contribution in [0.1, 0.15) is 6.23 Å². The number of imidazole rings is 1. The van der Waals surface area contributed by atoms with E-state index >= 15 is 0 Å². The summed E-state index contributed by atoms with van der Waals surface area (Å²) in [6, 6.07) is 0. The van der Waals surface area contributed by atoms with Crippen molar-refractivity contribution in [1.82, 2.24) is 19.5 Å². The molecule has 3 radical (unpaired) electrons. The maximum atomic E-state index is 11.8. The molecule has 0 aromatic carbocycles. The van der Waals surface area contributed by atoms with E-state index in [9.17, 15) is 33.6 Å². The molecule has 0 amide bonds. The maximum absolute atomic E-state index is 11.8. The molecule has 18 nitrogen and oxygen atoms in total. The van der Waals surface area contributed by atoms with Crippen molar-refractivity contribution in [3.63, 3.8) is 0 Å². The summed E-state index contributed by atoms with van der Waals surface area (Å²) in [6.45, 7) is -0.987. The van der Waals surface area contributed by atoms with Gasteiger partial charge in [0.05, 0.1) is 19.3 Å². The van der Waals surface area contributed by atoms with Crippen LogP contribution in [0.25, 0.3) is 11.2 Å². The molecule has 6 atom stereocenters. The Labute approximate surface area is 255 Å². The van der Waals surface area contributed by atoms with Gasteiger partial charge >= 0.3 is 23.5 Å². The zero-order chi connectivity index (χ0) is 23.2. The number of nitrogens with one attached hydrogen (secondary N) is 1. The van der Waals surface area contributed by atoms with Crippen molar-refractivity contribution in [2.24, 2.45) is 0 Å². The van der Waals surface area contributed by atoms with E-state index in [1.165, 1.54) is 0 Å². The molecule has 177 valence electrons. The van der Waals surface area contributed by atoms with Gasteiger partial charge in [-0.3, -0.25) is 13.9 Å². The molecule has 2 aromatic heterocycles. The van der Waals surface area contributed by atoms with E-state index in [0.717, 1.165) is 17.2 Å². The molecule has 3 heterocycles. The van der Waals surface area contributed by atoms with Gasteiger partial charge in [-0.05, 0) is 0 Å². The minimum absolute atomic E-state index is 0. The molecule has 0 saturated carbocycles. The van der Waals surface area contributed by atoms with Crippen LogP contribution in [-0.4, -0.2) is 163 Å². The summed E-state index contributed by atoms with van der Waals surface area (Å²) in [5, 5.41) is 20.3. The first-order valence-electron chi connectivity index (χ1n) is 7.89. The molecule has 1 aliphatic rings. The summed E-state index contributed by atoms with van der Waals surface area (Å²) < 4.78 is 51.6. The number of hydrogen-bond acceptors (Lipinski definition) is 12. The molecular formula is C10H15N4Na3O14P3. The van der Waals surface area contributed by atoms with E-state index in [-0.39, 0.29) is 99.8 Å². The van der Waals surface area contributed by atoms with Crippen molar-refractivity contribution in [2.45, 2.75) is 24.5 Å². The fraction of sp³-hybridized carbons (Fsp3) is 0.500. The average molecular weight is 577 g/mol. The van der Waals surface area contributed by atoms with Gasteiger partial charge in [-0.2, -0.15) is 8.62 Å². The first kappa shape index (κ1) is 35.6. The molecule has 34 heavy (non-hydrogen) atoms. The monoisotopic (exact) mass is 577 g/mol. The summed E-state index contributed by atoms with van der Waals surface area (Å²) >= 11 is 0. The second kappa shape index (κ2) is 13.6. The predicted octanol–water partition coefficient (Wildman–Crippen LogP) is -3.06. The Morgan fingerprint density at radius 2 is 1.62 bits per heavy atom. The maximum Gasteiger partial charge on any atom is 0.490 e. The van der Waals surface area contributed by atoms with Crippen molar-refractivity contribution >= 4 is 123 Å². The van der Waals surface area contributed by atoms with Gasteiger partial charge < -0.3 is 39.5 Å². The van der Waals surface area contributed by atoms with Gasteiger partial charge in [-0.1, -0.05) is 0 Å². The largest absolute Gasteiger partial charge is 0.490 e. The summed E-state index contributed by atoms with van der Waals surface area (Å²) in [7, 11) is -16.7. The van der Waals surface area contributed by atoms with Gasteiger partial charge in [-0.25, -0.2) is 23.7 Å². The van der Waals surface area contributed by atoms with Crippen LogP contribution in [0, 0.1) is 0 Å². The predicted molar refractivity (Wildman–Crippen MR) is 111 cm³/mol. The number of ether oxygens (including phenoxy) is 1. The number of phosphoric acid groups is 3. The number of fused-ring (bicyclic) bond motifs is 1. The summed E-state index contributed by atoms with van der Waals surface area (Å²) in [5.74, 6) is 0. The van der Waals surface area contributed by atoms with Crippen LogP contribution in [0.2, 0.25) is 0 Å². The summed E-state index contributed by atoms with van der Waals surface area (Å²) in [5.41, 5.74) is -0.681. The van der Waals surface area contributed by atoms with Crippen LogP contribution >= 0.6 is 23.5 Å². The van der Waals surface area contributed by atoms with Crippen LogP contribution in [-0.2, 0) is 31.6 Å². The third-order valence-electron chi connectivity index (χ3n) is 3.79. The van der Waals surface area contributed by atoms with Crippen molar-refractivity contribution in [3.8, 4) is 0 Å². The van der Waals surface area contributed by atoms with Crippen molar-refractivity contribution in [1.29, 1.82) is 0 Å². The molecule has 0 aliphatic carbocycles. The SMILES string of the molecule is O=c1[nH]cnc2c1ncn2[C@@H]1O[C@H](COP(=O)(O)OP(=O)(O)OP(=O)(O)O)[C@@H](O)[C@H]1O.[Na].[Na].[Na]. The van der Waals surface area contributed by atoms with E-state index in [4.69, 9.17) is 19.4 Å². The van der Waals surface area contributed by atoms with E-state index in [0.29, 0.717) is 0 Å². The van der Waals surface area contributed by atoms with Gasteiger partial charge in [0.2, 0.25) is 0 Å². The molecule has 7 N–H and O–H groups in total.